The minimum absolute atomic E-state index is 0.0527. The largest absolute Gasteiger partial charge is 0.465 e. The maximum atomic E-state index is 11.7. The van der Waals surface area contributed by atoms with Crippen molar-refractivity contribution in [3.8, 4) is 0 Å². The summed E-state index contributed by atoms with van der Waals surface area (Å²) >= 11 is 0. The highest BCUT2D eigenvalue weighted by atomic mass is 16.5. The summed E-state index contributed by atoms with van der Waals surface area (Å²) in [6.45, 7) is 8.64. The second-order valence-electron chi connectivity index (χ2n) is 4.56. The topological polar surface area (TPSA) is 61.5 Å². The van der Waals surface area contributed by atoms with E-state index in [1.54, 1.807) is 6.92 Å². The molecule has 0 aliphatic heterocycles. The van der Waals surface area contributed by atoms with Crippen molar-refractivity contribution in [1.82, 2.24) is 0 Å². The van der Waals surface area contributed by atoms with Crippen molar-refractivity contribution in [3.63, 3.8) is 0 Å². The first kappa shape index (κ1) is 12.5. The van der Waals surface area contributed by atoms with E-state index in [4.69, 9.17) is 15.2 Å². The van der Waals surface area contributed by atoms with Crippen LogP contribution in [0.25, 0.3) is 0 Å². The Morgan fingerprint density at radius 2 is 2.00 bits per heavy atom. The molecule has 2 unspecified atom stereocenters. The molecule has 1 fully saturated rings. The second kappa shape index (κ2) is 4.10. The SMILES string of the molecule is CCOC(=O)C1(N)CC(OCC)C1(C)C. The van der Waals surface area contributed by atoms with E-state index < -0.39 is 5.54 Å². The molecule has 15 heavy (non-hydrogen) atoms. The van der Waals surface area contributed by atoms with Crippen LogP contribution in [0, 0.1) is 5.41 Å². The van der Waals surface area contributed by atoms with Crippen molar-refractivity contribution in [3.05, 3.63) is 0 Å². The van der Waals surface area contributed by atoms with Crippen molar-refractivity contribution in [2.24, 2.45) is 11.1 Å². The number of carbonyl (C=O) groups excluding carboxylic acids is 1. The minimum Gasteiger partial charge on any atom is -0.465 e. The standard InChI is InChI=1S/C11H21NO3/c1-5-14-8-7-11(12,10(8,3)4)9(13)15-6-2/h8H,5-7,12H2,1-4H3. The van der Waals surface area contributed by atoms with Gasteiger partial charge in [0.05, 0.1) is 12.7 Å². The molecule has 1 saturated carbocycles. The highest BCUT2D eigenvalue weighted by Gasteiger charge is 2.63. The van der Waals surface area contributed by atoms with E-state index >= 15 is 0 Å². The van der Waals surface area contributed by atoms with Gasteiger partial charge in [-0.25, -0.2) is 0 Å². The number of carbonyl (C=O) groups is 1. The average molecular weight is 215 g/mol. The van der Waals surface area contributed by atoms with Gasteiger partial charge in [-0.2, -0.15) is 0 Å². The first-order valence-electron chi connectivity index (χ1n) is 5.47. The minimum atomic E-state index is -0.886. The summed E-state index contributed by atoms with van der Waals surface area (Å²) in [6, 6.07) is 0. The van der Waals surface area contributed by atoms with Crippen LogP contribution in [0.3, 0.4) is 0 Å². The van der Waals surface area contributed by atoms with Crippen LogP contribution in [-0.4, -0.2) is 30.8 Å². The van der Waals surface area contributed by atoms with Gasteiger partial charge in [-0.05, 0) is 13.8 Å². The third-order valence-corrected chi connectivity index (χ3v) is 3.47. The maximum Gasteiger partial charge on any atom is 0.326 e. The van der Waals surface area contributed by atoms with Gasteiger partial charge in [0, 0.05) is 18.4 Å². The third-order valence-electron chi connectivity index (χ3n) is 3.47. The molecular weight excluding hydrogens is 194 g/mol. The van der Waals surface area contributed by atoms with Gasteiger partial charge >= 0.3 is 5.97 Å². The van der Waals surface area contributed by atoms with E-state index in [1.165, 1.54) is 0 Å². The molecule has 0 radical (unpaired) electrons. The highest BCUT2D eigenvalue weighted by molar-refractivity contribution is 5.83. The van der Waals surface area contributed by atoms with Gasteiger partial charge in [-0.1, -0.05) is 13.8 Å². The first-order chi connectivity index (χ1) is 6.90. The van der Waals surface area contributed by atoms with E-state index in [0.717, 1.165) is 0 Å². The fraction of sp³-hybridized carbons (Fsp3) is 0.909. The van der Waals surface area contributed by atoms with E-state index in [2.05, 4.69) is 0 Å². The molecule has 4 nitrogen and oxygen atoms in total. The number of nitrogens with two attached hydrogens (primary N) is 1. The van der Waals surface area contributed by atoms with Gasteiger partial charge in [0.1, 0.15) is 5.54 Å². The summed E-state index contributed by atoms with van der Waals surface area (Å²) in [7, 11) is 0. The predicted molar refractivity (Wildman–Crippen MR) is 57.4 cm³/mol. The van der Waals surface area contributed by atoms with E-state index in [0.29, 0.717) is 19.6 Å². The predicted octanol–water partition coefficient (Wildman–Crippen LogP) is 1.08. The molecule has 0 heterocycles. The Balaban J connectivity index is 2.70. The quantitative estimate of drug-likeness (QED) is 0.713. The van der Waals surface area contributed by atoms with Crippen LogP contribution in [0.5, 0.6) is 0 Å². The first-order valence-corrected chi connectivity index (χ1v) is 5.47. The maximum absolute atomic E-state index is 11.7. The Morgan fingerprint density at radius 1 is 1.40 bits per heavy atom. The van der Waals surface area contributed by atoms with Crippen LogP contribution in [0.2, 0.25) is 0 Å². The number of rotatable bonds is 4. The van der Waals surface area contributed by atoms with Crippen LogP contribution < -0.4 is 5.73 Å². The van der Waals surface area contributed by atoms with Crippen molar-refractivity contribution >= 4 is 5.97 Å². The Labute approximate surface area is 91.1 Å². The fourth-order valence-electron chi connectivity index (χ4n) is 2.04. The van der Waals surface area contributed by atoms with Gasteiger partial charge < -0.3 is 15.2 Å². The van der Waals surface area contributed by atoms with Crippen LogP contribution in [0.15, 0.2) is 0 Å². The molecule has 0 spiro atoms. The molecule has 0 aromatic carbocycles. The van der Waals surface area contributed by atoms with Gasteiger partial charge in [0.25, 0.3) is 0 Å². The summed E-state index contributed by atoms with van der Waals surface area (Å²) in [6.07, 6.45) is 0.601. The lowest BCUT2D eigenvalue weighted by atomic mass is 9.54. The van der Waals surface area contributed by atoms with Gasteiger partial charge in [-0.3, -0.25) is 4.79 Å². The molecule has 2 atom stereocenters. The lowest BCUT2D eigenvalue weighted by Crippen LogP contribution is -2.74. The number of hydrogen-bond donors (Lipinski definition) is 1. The molecule has 1 aliphatic carbocycles. The van der Waals surface area contributed by atoms with Crippen LogP contribution in [0.4, 0.5) is 0 Å². The van der Waals surface area contributed by atoms with Gasteiger partial charge in [0.2, 0.25) is 0 Å². The monoisotopic (exact) mass is 215 g/mol. The Bertz CT molecular complexity index is 252. The van der Waals surface area contributed by atoms with Crippen molar-refractivity contribution in [1.29, 1.82) is 0 Å². The number of ether oxygens (including phenoxy) is 2. The summed E-state index contributed by atoms with van der Waals surface area (Å²) in [5.74, 6) is -0.314. The average Bonchev–Trinajstić information content (AvgIpc) is 2.17. The molecule has 0 aromatic heterocycles. The molecule has 1 aliphatic rings. The van der Waals surface area contributed by atoms with Crippen LogP contribution in [-0.2, 0) is 14.3 Å². The smallest absolute Gasteiger partial charge is 0.326 e. The van der Waals surface area contributed by atoms with E-state index in [1.807, 2.05) is 20.8 Å². The Hall–Kier alpha value is -0.610. The van der Waals surface area contributed by atoms with Gasteiger partial charge in [-0.15, -0.1) is 0 Å². The summed E-state index contributed by atoms with van der Waals surface area (Å²) in [5.41, 5.74) is 4.84. The third kappa shape index (κ3) is 1.76. The zero-order valence-corrected chi connectivity index (χ0v) is 10.0. The van der Waals surface area contributed by atoms with E-state index in [-0.39, 0.29) is 17.5 Å². The molecule has 0 bridgehead atoms. The molecule has 4 heteroatoms. The number of esters is 1. The lowest BCUT2D eigenvalue weighted by molar-refractivity contribution is -0.189. The molecule has 2 N–H and O–H groups in total. The molecule has 0 saturated heterocycles. The molecule has 88 valence electrons. The molecule has 1 rings (SSSR count). The van der Waals surface area contributed by atoms with Crippen LogP contribution >= 0.6 is 0 Å². The molecular formula is C11H21NO3. The summed E-state index contributed by atoms with van der Waals surface area (Å²) in [4.78, 5) is 11.7. The molecule has 0 amide bonds. The second-order valence-corrected chi connectivity index (χ2v) is 4.56. The zero-order valence-electron chi connectivity index (χ0n) is 10.0. The Morgan fingerprint density at radius 3 is 2.40 bits per heavy atom. The van der Waals surface area contributed by atoms with Crippen molar-refractivity contribution in [2.45, 2.75) is 45.8 Å². The summed E-state index contributed by atoms with van der Waals surface area (Å²) in [5, 5.41) is 0. The van der Waals surface area contributed by atoms with Gasteiger partial charge in [0.15, 0.2) is 0 Å². The van der Waals surface area contributed by atoms with E-state index in [9.17, 15) is 4.79 Å². The highest BCUT2D eigenvalue weighted by Crippen LogP contribution is 2.50. The van der Waals surface area contributed by atoms with Crippen molar-refractivity contribution < 1.29 is 14.3 Å². The fourth-order valence-corrected chi connectivity index (χ4v) is 2.04. The van der Waals surface area contributed by atoms with Crippen LogP contribution in [0.1, 0.15) is 34.1 Å². The zero-order chi connectivity index (χ0) is 11.7. The molecule has 0 aromatic rings. The lowest BCUT2D eigenvalue weighted by Gasteiger charge is -2.56. The van der Waals surface area contributed by atoms with Crippen molar-refractivity contribution in [2.75, 3.05) is 13.2 Å². The number of hydrogen-bond acceptors (Lipinski definition) is 4. The summed E-state index contributed by atoms with van der Waals surface area (Å²) < 4.78 is 10.5. The Kier molecular flexibility index (Phi) is 3.41. The normalized spacial score (nSPS) is 33.3.